The second kappa shape index (κ2) is 5.77. The van der Waals surface area contributed by atoms with Gasteiger partial charge < -0.3 is 4.52 Å². The molecule has 12 heavy (non-hydrogen) atoms. The summed E-state index contributed by atoms with van der Waals surface area (Å²) in [5.74, 6) is 0. The van der Waals surface area contributed by atoms with Crippen LogP contribution < -0.4 is 0 Å². The number of halogens is 2. The average molecular weight is 223 g/mol. The van der Waals surface area contributed by atoms with Crippen LogP contribution in [0, 0.1) is 0 Å². The molecule has 0 unspecified atom stereocenters. The summed E-state index contributed by atoms with van der Waals surface area (Å²) in [6.45, 7) is -0.666. The maximum absolute atomic E-state index is 5.45. The minimum Gasteiger partial charge on any atom is -0.331 e. The highest BCUT2D eigenvalue weighted by Crippen LogP contribution is 2.47. The number of benzene rings is 1. The summed E-state index contributed by atoms with van der Waals surface area (Å²) in [6, 6.07) is 10.1. The summed E-state index contributed by atoms with van der Waals surface area (Å²) in [5, 5.41) is 0. The van der Waals surface area contributed by atoms with Crippen molar-refractivity contribution in [3.05, 3.63) is 35.9 Å². The van der Waals surface area contributed by atoms with Gasteiger partial charge in [-0.1, -0.05) is 30.3 Å². The van der Waals surface area contributed by atoms with Crippen molar-refractivity contribution in [1.82, 2.24) is 0 Å². The Labute approximate surface area is 83.1 Å². The predicted octanol–water partition coefficient (Wildman–Crippen LogP) is 3.95. The monoisotopic (exact) mass is 222 g/mol. The van der Waals surface area contributed by atoms with Crippen molar-refractivity contribution in [2.24, 2.45) is 0 Å². The quantitative estimate of drug-likeness (QED) is 0.702. The predicted molar refractivity (Wildman–Crippen MR) is 54.7 cm³/mol. The first-order valence-electron chi connectivity index (χ1n) is 3.57. The highest BCUT2D eigenvalue weighted by molar-refractivity contribution is 8.00. The fraction of sp³-hybridized carbons (Fsp3) is 0.250. The number of hydrogen-bond acceptors (Lipinski definition) is 1. The van der Waals surface area contributed by atoms with Crippen molar-refractivity contribution in [3.63, 3.8) is 0 Å². The molecule has 0 aliphatic rings. The molecular weight excluding hydrogens is 214 g/mol. The molecule has 1 aromatic rings. The van der Waals surface area contributed by atoms with Crippen LogP contribution in [0.5, 0.6) is 0 Å². The Balaban J connectivity index is 2.25. The van der Waals surface area contributed by atoms with Gasteiger partial charge in [0.05, 0.1) is 6.61 Å². The Bertz CT molecular complexity index is 216. The third kappa shape index (κ3) is 4.27. The molecule has 1 nitrogen and oxygen atoms in total. The van der Waals surface area contributed by atoms with E-state index in [1.165, 1.54) is 5.56 Å². The molecule has 66 valence electrons. The highest BCUT2D eigenvalue weighted by Gasteiger charge is 1.98. The van der Waals surface area contributed by atoms with Gasteiger partial charge >= 0.3 is 0 Å². The molecule has 0 aliphatic carbocycles. The standard InChI is InChI=1S/C8H9Cl2OP/c9-12(10)11-7-6-8-4-2-1-3-5-8/h1-5H,6-7H2. The molecule has 0 bridgehead atoms. The Kier molecular flexibility index (Phi) is 4.94. The molecule has 1 rings (SSSR count). The second-order valence-corrected chi connectivity index (χ2v) is 5.29. The molecule has 0 spiro atoms. The van der Waals surface area contributed by atoms with Crippen molar-refractivity contribution < 1.29 is 4.52 Å². The van der Waals surface area contributed by atoms with Crippen molar-refractivity contribution in [1.29, 1.82) is 0 Å². The van der Waals surface area contributed by atoms with Gasteiger partial charge in [0.1, 0.15) is 0 Å². The van der Waals surface area contributed by atoms with Gasteiger partial charge in [0.15, 0.2) is 0 Å². The molecule has 0 aliphatic heterocycles. The van der Waals surface area contributed by atoms with E-state index in [9.17, 15) is 0 Å². The summed E-state index contributed by atoms with van der Waals surface area (Å²) in [5.41, 5.74) is 1.24. The van der Waals surface area contributed by atoms with E-state index in [4.69, 9.17) is 27.0 Å². The zero-order valence-electron chi connectivity index (χ0n) is 6.41. The molecule has 1 aromatic carbocycles. The van der Waals surface area contributed by atoms with Crippen molar-refractivity contribution >= 4 is 29.3 Å². The number of hydrogen-bond donors (Lipinski definition) is 0. The molecule has 4 heteroatoms. The fourth-order valence-corrected chi connectivity index (χ4v) is 1.52. The highest BCUT2D eigenvalue weighted by atomic mass is 35.9. The van der Waals surface area contributed by atoms with Crippen molar-refractivity contribution in [2.45, 2.75) is 6.42 Å². The molecule has 0 fully saturated rings. The second-order valence-electron chi connectivity index (χ2n) is 2.27. The van der Waals surface area contributed by atoms with Crippen LogP contribution in [0.1, 0.15) is 5.56 Å². The first-order valence-corrected chi connectivity index (χ1v) is 6.64. The molecule has 0 heterocycles. The van der Waals surface area contributed by atoms with Gasteiger partial charge in [-0.3, -0.25) is 0 Å². The van der Waals surface area contributed by atoms with E-state index >= 15 is 0 Å². The third-order valence-electron chi connectivity index (χ3n) is 1.42. The van der Waals surface area contributed by atoms with E-state index in [-0.39, 0.29) is 0 Å². The summed E-state index contributed by atoms with van der Waals surface area (Å²) in [6.07, 6.45) is 0.860. The molecule has 0 N–H and O–H groups in total. The zero-order valence-corrected chi connectivity index (χ0v) is 8.82. The summed E-state index contributed by atoms with van der Waals surface area (Å²) < 4.78 is 5.04. The van der Waals surface area contributed by atoms with Gasteiger partial charge in [0.25, 0.3) is 0 Å². The third-order valence-corrected chi connectivity index (χ3v) is 2.39. The van der Waals surface area contributed by atoms with Gasteiger partial charge in [-0.05, 0) is 34.5 Å². The van der Waals surface area contributed by atoms with Crippen LogP contribution in [0.2, 0.25) is 0 Å². The first kappa shape index (κ1) is 10.3. The van der Waals surface area contributed by atoms with Gasteiger partial charge in [-0.15, -0.1) is 0 Å². The lowest BCUT2D eigenvalue weighted by Gasteiger charge is -2.02. The van der Waals surface area contributed by atoms with Gasteiger partial charge in [-0.2, -0.15) is 0 Å². The largest absolute Gasteiger partial charge is 0.331 e. The van der Waals surface area contributed by atoms with Gasteiger partial charge in [0, 0.05) is 0 Å². The molecule has 0 saturated heterocycles. The summed E-state index contributed by atoms with van der Waals surface area (Å²) in [4.78, 5) is 0. The average Bonchev–Trinajstić information content (AvgIpc) is 2.05. The van der Waals surface area contributed by atoms with E-state index in [0.717, 1.165) is 6.42 Å². The first-order chi connectivity index (χ1) is 5.79. The molecule has 0 saturated carbocycles. The lowest BCUT2D eigenvalue weighted by Crippen LogP contribution is -1.91. The van der Waals surface area contributed by atoms with E-state index in [2.05, 4.69) is 0 Å². The van der Waals surface area contributed by atoms with E-state index in [1.807, 2.05) is 30.3 Å². The van der Waals surface area contributed by atoms with Crippen LogP contribution in [0.3, 0.4) is 0 Å². The van der Waals surface area contributed by atoms with Crippen LogP contribution in [-0.2, 0) is 10.9 Å². The fourth-order valence-electron chi connectivity index (χ4n) is 0.877. The normalized spacial score (nSPS) is 10.6. The Hall–Kier alpha value is 0.190. The topological polar surface area (TPSA) is 9.23 Å². The van der Waals surface area contributed by atoms with Gasteiger partial charge in [0.2, 0.25) is 6.85 Å². The SMILES string of the molecule is ClP(Cl)OCCc1ccccc1. The Morgan fingerprint density at radius 3 is 2.42 bits per heavy atom. The van der Waals surface area contributed by atoms with Crippen LogP contribution in [0.4, 0.5) is 0 Å². The summed E-state index contributed by atoms with van der Waals surface area (Å²) >= 11 is 10.9. The Morgan fingerprint density at radius 2 is 1.83 bits per heavy atom. The van der Waals surface area contributed by atoms with E-state index < -0.39 is 6.85 Å². The van der Waals surface area contributed by atoms with Crippen LogP contribution in [0.25, 0.3) is 0 Å². The van der Waals surface area contributed by atoms with Crippen molar-refractivity contribution in [2.75, 3.05) is 6.61 Å². The molecule has 0 amide bonds. The van der Waals surface area contributed by atoms with Gasteiger partial charge in [-0.25, -0.2) is 0 Å². The lowest BCUT2D eigenvalue weighted by atomic mass is 10.2. The van der Waals surface area contributed by atoms with Crippen molar-refractivity contribution in [3.8, 4) is 0 Å². The van der Waals surface area contributed by atoms with Crippen LogP contribution in [0.15, 0.2) is 30.3 Å². The number of rotatable bonds is 4. The minimum absolute atomic E-state index is 0.586. The maximum Gasteiger partial charge on any atom is 0.225 e. The maximum atomic E-state index is 5.45. The Morgan fingerprint density at radius 1 is 1.17 bits per heavy atom. The smallest absolute Gasteiger partial charge is 0.225 e. The molecule has 0 radical (unpaired) electrons. The molecular formula is C8H9Cl2OP. The minimum atomic E-state index is -1.25. The molecule has 0 aromatic heterocycles. The summed E-state index contributed by atoms with van der Waals surface area (Å²) in [7, 11) is 0. The zero-order chi connectivity index (χ0) is 8.81. The lowest BCUT2D eigenvalue weighted by molar-refractivity contribution is 0.371. The van der Waals surface area contributed by atoms with Crippen LogP contribution >= 0.6 is 29.3 Å². The molecule has 0 atom stereocenters. The van der Waals surface area contributed by atoms with E-state index in [1.54, 1.807) is 0 Å². The van der Waals surface area contributed by atoms with Crippen LogP contribution in [-0.4, -0.2) is 6.61 Å². The van der Waals surface area contributed by atoms with E-state index in [0.29, 0.717) is 6.61 Å².